The molecule has 2 fully saturated rings. The number of amides is 1. The van der Waals surface area contributed by atoms with Gasteiger partial charge >= 0.3 is 0 Å². The SMILES string of the molecule is O=C(C1CCN(c2cc(-c3cc(OCC4(O)CC4)ccc3F)ccn2)CC1)N1N=CCC1c1cc(F)cc(F)c1. The van der Waals surface area contributed by atoms with Crippen LogP contribution in [-0.2, 0) is 4.79 Å². The number of hydrogen-bond donors (Lipinski definition) is 1. The van der Waals surface area contributed by atoms with Crippen LogP contribution in [0, 0.1) is 23.4 Å². The lowest BCUT2D eigenvalue weighted by atomic mass is 9.94. The van der Waals surface area contributed by atoms with Crippen molar-refractivity contribution in [3.05, 3.63) is 77.7 Å². The van der Waals surface area contributed by atoms with E-state index >= 15 is 0 Å². The Labute approximate surface area is 229 Å². The van der Waals surface area contributed by atoms with Gasteiger partial charge in [-0.3, -0.25) is 4.79 Å². The minimum Gasteiger partial charge on any atom is -0.491 e. The lowest BCUT2D eigenvalue weighted by Gasteiger charge is -2.34. The molecule has 3 heterocycles. The van der Waals surface area contributed by atoms with Crippen molar-refractivity contribution in [3.8, 4) is 16.9 Å². The molecule has 208 valence electrons. The van der Waals surface area contributed by atoms with Crippen molar-refractivity contribution in [2.75, 3.05) is 24.6 Å². The third-order valence-corrected chi connectivity index (χ3v) is 7.82. The van der Waals surface area contributed by atoms with Gasteiger partial charge in [0, 0.05) is 49.5 Å². The first-order chi connectivity index (χ1) is 19.3. The Morgan fingerprint density at radius 2 is 1.77 bits per heavy atom. The Morgan fingerprint density at radius 1 is 1.02 bits per heavy atom. The number of ether oxygens (including phenoxy) is 1. The summed E-state index contributed by atoms with van der Waals surface area (Å²) in [5, 5.41) is 15.6. The van der Waals surface area contributed by atoms with Crippen molar-refractivity contribution in [1.82, 2.24) is 9.99 Å². The predicted molar refractivity (Wildman–Crippen MR) is 143 cm³/mol. The molecule has 1 unspecified atom stereocenters. The van der Waals surface area contributed by atoms with E-state index in [0.717, 1.165) is 6.07 Å². The summed E-state index contributed by atoms with van der Waals surface area (Å²) in [5.74, 6) is -1.06. The van der Waals surface area contributed by atoms with Gasteiger partial charge in [0.15, 0.2) is 0 Å². The zero-order chi connectivity index (χ0) is 27.9. The van der Waals surface area contributed by atoms with Crippen molar-refractivity contribution >= 4 is 17.9 Å². The predicted octanol–water partition coefficient (Wildman–Crippen LogP) is 5.25. The van der Waals surface area contributed by atoms with E-state index in [1.54, 1.807) is 30.6 Å². The van der Waals surface area contributed by atoms with Crippen LogP contribution in [0.1, 0.15) is 43.7 Å². The van der Waals surface area contributed by atoms with Gasteiger partial charge in [-0.2, -0.15) is 5.10 Å². The van der Waals surface area contributed by atoms with Crippen LogP contribution < -0.4 is 9.64 Å². The number of rotatable bonds is 7. The quantitative estimate of drug-likeness (QED) is 0.435. The monoisotopic (exact) mass is 550 g/mol. The number of carbonyl (C=O) groups excluding carboxylic acids is 1. The summed E-state index contributed by atoms with van der Waals surface area (Å²) in [6, 6.07) is 10.8. The smallest absolute Gasteiger partial charge is 0.246 e. The molecule has 7 nitrogen and oxygen atoms in total. The number of benzene rings is 2. The van der Waals surface area contributed by atoms with Gasteiger partial charge in [0.05, 0.1) is 11.6 Å². The Bertz CT molecular complexity index is 1430. The maximum absolute atomic E-state index is 14.8. The Kier molecular flexibility index (Phi) is 6.95. The van der Waals surface area contributed by atoms with E-state index in [1.807, 2.05) is 6.07 Å². The summed E-state index contributed by atoms with van der Waals surface area (Å²) in [7, 11) is 0. The first kappa shape index (κ1) is 26.3. The van der Waals surface area contributed by atoms with Crippen LogP contribution in [0.3, 0.4) is 0 Å². The van der Waals surface area contributed by atoms with Gasteiger partial charge in [-0.15, -0.1) is 0 Å². The third-order valence-electron chi connectivity index (χ3n) is 7.82. The first-order valence-corrected chi connectivity index (χ1v) is 13.5. The summed E-state index contributed by atoms with van der Waals surface area (Å²) in [6.45, 7) is 1.30. The molecule has 1 amide bonds. The van der Waals surface area contributed by atoms with Gasteiger partial charge in [0.25, 0.3) is 0 Å². The van der Waals surface area contributed by atoms with E-state index in [9.17, 15) is 23.1 Å². The van der Waals surface area contributed by atoms with E-state index < -0.39 is 29.1 Å². The van der Waals surface area contributed by atoms with Crippen LogP contribution >= 0.6 is 0 Å². The lowest BCUT2D eigenvalue weighted by molar-refractivity contribution is -0.138. The maximum atomic E-state index is 14.8. The number of halogens is 3. The Morgan fingerprint density at radius 3 is 2.50 bits per heavy atom. The second-order valence-electron chi connectivity index (χ2n) is 10.8. The zero-order valence-corrected chi connectivity index (χ0v) is 21.8. The van der Waals surface area contributed by atoms with Crippen LogP contribution in [0.5, 0.6) is 5.75 Å². The molecule has 40 heavy (non-hydrogen) atoms. The fourth-order valence-electron chi connectivity index (χ4n) is 5.29. The van der Waals surface area contributed by atoms with Gasteiger partial charge in [-0.1, -0.05) is 0 Å². The molecule has 0 radical (unpaired) electrons. The third kappa shape index (κ3) is 5.54. The molecule has 3 aromatic rings. The van der Waals surface area contributed by atoms with Crippen molar-refractivity contribution in [3.63, 3.8) is 0 Å². The van der Waals surface area contributed by atoms with Gasteiger partial charge in [-0.05, 0) is 79.3 Å². The van der Waals surface area contributed by atoms with Crippen molar-refractivity contribution in [1.29, 1.82) is 0 Å². The number of aromatic nitrogens is 1. The second-order valence-corrected chi connectivity index (χ2v) is 10.8. The molecule has 1 saturated heterocycles. The highest BCUT2D eigenvalue weighted by Crippen LogP contribution is 2.37. The highest BCUT2D eigenvalue weighted by molar-refractivity contribution is 5.82. The molecule has 10 heteroatoms. The minimum absolute atomic E-state index is 0.167. The van der Waals surface area contributed by atoms with Crippen LogP contribution in [0.25, 0.3) is 11.1 Å². The van der Waals surface area contributed by atoms with Crippen LogP contribution in [-0.4, -0.2) is 52.5 Å². The Balaban J connectivity index is 1.11. The number of hydrogen-bond acceptors (Lipinski definition) is 6. The van der Waals surface area contributed by atoms with Crippen molar-refractivity contribution in [2.24, 2.45) is 11.0 Å². The molecule has 2 aromatic carbocycles. The molecular weight excluding hydrogens is 521 g/mol. The van der Waals surface area contributed by atoms with Crippen LogP contribution in [0.4, 0.5) is 19.0 Å². The maximum Gasteiger partial charge on any atom is 0.246 e. The average Bonchev–Trinajstić information content (AvgIpc) is 3.48. The fraction of sp³-hybridized carbons (Fsp3) is 0.367. The van der Waals surface area contributed by atoms with Crippen LogP contribution in [0.15, 0.2) is 59.8 Å². The van der Waals surface area contributed by atoms with Gasteiger partial charge in [0.2, 0.25) is 5.91 Å². The van der Waals surface area contributed by atoms with E-state index in [1.165, 1.54) is 23.2 Å². The van der Waals surface area contributed by atoms with Crippen LogP contribution in [0.2, 0.25) is 0 Å². The highest BCUT2D eigenvalue weighted by Gasteiger charge is 2.41. The normalized spacial score (nSPS) is 20.1. The molecule has 0 bridgehead atoms. The number of piperidine rings is 1. The minimum atomic E-state index is -0.773. The molecule has 1 aliphatic carbocycles. The molecule has 1 saturated carbocycles. The lowest BCUT2D eigenvalue weighted by Crippen LogP contribution is -2.41. The van der Waals surface area contributed by atoms with Gasteiger partial charge < -0.3 is 14.7 Å². The standard InChI is InChI=1S/C30H29F3N4O3/c31-22-13-21(14-23(32)16-22)27-4-10-35-37(27)29(38)19-5-11-36(12-6-19)28-15-20(3-9-34-28)25-17-24(1-2-26(25)33)40-18-30(39)7-8-30/h1-3,9-10,13-17,19,27,39H,4-8,11-12,18H2. The number of hydrazone groups is 1. The van der Waals surface area contributed by atoms with Crippen molar-refractivity contribution in [2.45, 2.75) is 43.7 Å². The van der Waals surface area contributed by atoms with E-state index in [2.05, 4.69) is 15.0 Å². The summed E-state index contributed by atoms with van der Waals surface area (Å²) < 4.78 is 48.1. The van der Waals surface area contributed by atoms with E-state index in [4.69, 9.17) is 4.74 Å². The van der Waals surface area contributed by atoms with Gasteiger partial charge in [0.1, 0.15) is 35.6 Å². The summed E-state index contributed by atoms with van der Waals surface area (Å²) in [6.07, 6.45) is 6.15. The largest absolute Gasteiger partial charge is 0.491 e. The number of carbonyl (C=O) groups is 1. The summed E-state index contributed by atoms with van der Waals surface area (Å²) >= 11 is 0. The second kappa shape index (κ2) is 10.6. The van der Waals surface area contributed by atoms with Gasteiger partial charge in [-0.25, -0.2) is 23.2 Å². The first-order valence-electron chi connectivity index (χ1n) is 13.5. The molecule has 3 aliphatic rings. The number of pyridine rings is 1. The van der Waals surface area contributed by atoms with E-state index in [0.29, 0.717) is 73.5 Å². The molecule has 1 atom stereocenters. The molecule has 0 spiro atoms. The molecule has 1 aromatic heterocycles. The summed E-state index contributed by atoms with van der Waals surface area (Å²) in [4.78, 5) is 19.9. The number of nitrogens with zero attached hydrogens (tertiary/aromatic N) is 4. The highest BCUT2D eigenvalue weighted by atomic mass is 19.1. The molecule has 2 aliphatic heterocycles. The summed E-state index contributed by atoms with van der Waals surface area (Å²) in [5.41, 5.74) is 0.631. The molecule has 6 rings (SSSR count). The average molecular weight is 551 g/mol. The number of aliphatic hydroxyl groups is 1. The topological polar surface area (TPSA) is 78.3 Å². The number of anilines is 1. The fourth-order valence-corrected chi connectivity index (χ4v) is 5.29. The molecule has 1 N–H and O–H groups in total. The van der Waals surface area contributed by atoms with Crippen molar-refractivity contribution < 1.29 is 27.8 Å². The Hall–Kier alpha value is -3.92. The zero-order valence-electron chi connectivity index (χ0n) is 21.8. The van der Waals surface area contributed by atoms with E-state index in [-0.39, 0.29) is 18.4 Å². The molecular formula is C30H29F3N4O3.